The van der Waals surface area contributed by atoms with Crippen molar-refractivity contribution in [2.24, 2.45) is 11.1 Å². The van der Waals surface area contributed by atoms with Gasteiger partial charge in [-0.15, -0.1) is 0 Å². The van der Waals surface area contributed by atoms with Gasteiger partial charge in [0.05, 0.1) is 0 Å². The van der Waals surface area contributed by atoms with Gasteiger partial charge >= 0.3 is 0 Å². The first-order valence-electron chi connectivity index (χ1n) is 8.34. The molecule has 1 fully saturated rings. The number of amides is 1. The molecule has 4 heteroatoms. The number of carbonyl (C=O) groups excluding carboxylic acids is 1. The van der Waals surface area contributed by atoms with Gasteiger partial charge in [-0.1, -0.05) is 40.0 Å². The number of nitrogens with two attached hydrogens (primary N) is 1. The second-order valence-corrected chi connectivity index (χ2v) is 8.19. The van der Waals surface area contributed by atoms with Crippen molar-refractivity contribution in [3.63, 3.8) is 0 Å². The van der Waals surface area contributed by atoms with E-state index in [1.165, 1.54) is 32.1 Å². The zero-order valence-corrected chi connectivity index (χ0v) is 14.7. The highest BCUT2D eigenvalue weighted by Gasteiger charge is 2.34. The molecule has 124 valence electrons. The normalized spacial score (nSPS) is 20.3. The van der Waals surface area contributed by atoms with Crippen molar-refractivity contribution in [2.45, 2.75) is 77.3 Å². The summed E-state index contributed by atoms with van der Waals surface area (Å²) in [6.45, 7) is 7.23. The molecular formula is C17H35N3O. The summed E-state index contributed by atoms with van der Waals surface area (Å²) >= 11 is 0. The third kappa shape index (κ3) is 6.35. The third-order valence-corrected chi connectivity index (χ3v) is 4.67. The number of likely N-dealkylation sites (N-methyl/N-ethyl adjacent to an activating group) is 1. The SMILES string of the molecule is CN(C)C1(CNC(=O)CC(N)CC(C)(C)C)CCCCC1. The van der Waals surface area contributed by atoms with Crippen LogP contribution in [0.15, 0.2) is 0 Å². The van der Waals surface area contributed by atoms with E-state index in [1.54, 1.807) is 0 Å². The van der Waals surface area contributed by atoms with Crippen molar-refractivity contribution in [1.82, 2.24) is 10.2 Å². The minimum Gasteiger partial charge on any atom is -0.354 e. The molecule has 1 amide bonds. The molecule has 21 heavy (non-hydrogen) atoms. The van der Waals surface area contributed by atoms with Crippen LogP contribution in [0.5, 0.6) is 0 Å². The van der Waals surface area contributed by atoms with Crippen LogP contribution >= 0.6 is 0 Å². The fourth-order valence-corrected chi connectivity index (χ4v) is 3.42. The van der Waals surface area contributed by atoms with Gasteiger partial charge in [-0.2, -0.15) is 0 Å². The lowest BCUT2D eigenvalue weighted by Crippen LogP contribution is -2.54. The zero-order valence-electron chi connectivity index (χ0n) is 14.7. The molecule has 1 atom stereocenters. The summed E-state index contributed by atoms with van der Waals surface area (Å²) < 4.78 is 0. The number of rotatable bonds is 6. The lowest BCUT2D eigenvalue weighted by atomic mass is 9.80. The summed E-state index contributed by atoms with van der Waals surface area (Å²) in [7, 11) is 4.26. The summed E-state index contributed by atoms with van der Waals surface area (Å²) in [6, 6.07) is -0.0494. The van der Waals surface area contributed by atoms with Gasteiger partial charge in [-0.3, -0.25) is 4.79 Å². The smallest absolute Gasteiger partial charge is 0.221 e. The lowest BCUT2D eigenvalue weighted by Gasteiger charge is -2.43. The first-order chi connectivity index (χ1) is 9.65. The van der Waals surface area contributed by atoms with Crippen LogP contribution < -0.4 is 11.1 Å². The van der Waals surface area contributed by atoms with Gasteiger partial charge < -0.3 is 16.0 Å². The molecule has 1 rings (SSSR count). The molecule has 4 nitrogen and oxygen atoms in total. The fourth-order valence-electron chi connectivity index (χ4n) is 3.42. The molecule has 1 aliphatic rings. The summed E-state index contributed by atoms with van der Waals surface area (Å²) in [5.74, 6) is 0.0959. The van der Waals surface area contributed by atoms with Crippen molar-refractivity contribution >= 4 is 5.91 Å². The molecule has 0 aromatic carbocycles. The molecular weight excluding hydrogens is 262 g/mol. The van der Waals surface area contributed by atoms with E-state index in [2.05, 4.69) is 45.1 Å². The summed E-state index contributed by atoms with van der Waals surface area (Å²) in [6.07, 6.45) is 7.50. The van der Waals surface area contributed by atoms with Gasteiger partial charge in [-0.05, 0) is 38.8 Å². The minimum atomic E-state index is -0.0494. The number of nitrogens with zero attached hydrogens (tertiary/aromatic N) is 1. The fraction of sp³-hybridized carbons (Fsp3) is 0.941. The van der Waals surface area contributed by atoms with Crippen LogP contribution in [0.4, 0.5) is 0 Å². The van der Waals surface area contributed by atoms with Gasteiger partial charge in [0.1, 0.15) is 0 Å². The van der Waals surface area contributed by atoms with E-state index in [9.17, 15) is 4.79 Å². The Morgan fingerprint density at radius 3 is 2.29 bits per heavy atom. The van der Waals surface area contributed by atoms with E-state index in [1.807, 2.05) is 0 Å². The maximum Gasteiger partial charge on any atom is 0.221 e. The van der Waals surface area contributed by atoms with Crippen LogP contribution in [-0.2, 0) is 4.79 Å². The Morgan fingerprint density at radius 2 is 1.81 bits per heavy atom. The van der Waals surface area contributed by atoms with Gasteiger partial charge in [0.2, 0.25) is 5.91 Å². The second-order valence-electron chi connectivity index (χ2n) is 8.19. The number of hydrogen-bond donors (Lipinski definition) is 2. The van der Waals surface area contributed by atoms with Crippen molar-refractivity contribution in [3.8, 4) is 0 Å². The van der Waals surface area contributed by atoms with E-state index < -0.39 is 0 Å². The number of carbonyl (C=O) groups is 1. The van der Waals surface area contributed by atoms with Gasteiger partial charge in [0.25, 0.3) is 0 Å². The third-order valence-electron chi connectivity index (χ3n) is 4.67. The molecule has 0 saturated heterocycles. The van der Waals surface area contributed by atoms with Crippen LogP contribution in [0.2, 0.25) is 0 Å². The van der Waals surface area contributed by atoms with Crippen LogP contribution in [-0.4, -0.2) is 43.0 Å². The van der Waals surface area contributed by atoms with E-state index in [4.69, 9.17) is 5.73 Å². The van der Waals surface area contributed by atoms with Crippen molar-refractivity contribution in [3.05, 3.63) is 0 Å². The molecule has 0 aliphatic heterocycles. The Labute approximate surface area is 130 Å². The standard InChI is InChI=1S/C17H35N3O/c1-16(2,3)12-14(18)11-15(21)19-13-17(20(4)5)9-7-6-8-10-17/h14H,6-13,18H2,1-5H3,(H,19,21). The molecule has 0 radical (unpaired) electrons. The second kappa shape index (κ2) is 7.59. The Kier molecular flexibility index (Phi) is 6.67. The Bertz CT molecular complexity index is 327. The highest BCUT2D eigenvalue weighted by molar-refractivity contribution is 5.76. The average Bonchev–Trinajstić information content (AvgIpc) is 2.35. The Hall–Kier alpha value is -0.610. The quantitative estimate of drug-likeness (QED) is 0.792. The van der Waals surface area contributed by atoms with E-state index >= 15 is 0 Å². The van der Waals surface area contributed by atoms with Crippen molar-refractivity contribution in [2.75, 3.05) is 20.6 Å². The molecule has 0 aromatic heterocycles. The molecule has 0 bridgehead atoms. The average molecular weight is 297 g/mol. The van der Waals surface area contributed by atoms with Crippen molar-refractivity contribution in [1.29, 1.82) is 0 Å². The number of nitrogens with one attached hydrogen (secondary N) is 1. The maximum absolute atomic E-state index is 12.1. The maximum atomic E-state index is 12.1. The van der Waals surface area contributed by atoms with E-state index in [0.717, 1.165) is 13.0 Å². The highest BCUT2D eigenvalue weighted by atomic mass is 16.1. The first-order valence-corrected chi connectivity index (χ1v) is 8.34. The highest BCUT2D eigenvalue weighted by Crippen LogP contribution is 2.31. The predicted octanol–water partition coefficient (Wildman–Crippen LogP) is 2.52. The van der Waals surface area contributed by atoms with Crippen molar-refractivity contribution < 1.29 is 4.79 Å². The molecule has 1 unspecified atom stereocenters. The first kappa shape index (κ1) is 18.4. The Balaban J connectivity index is 2.43. The molecule has 0 spiro atoms. The summed E-state index contributed by atoms with van der Waals surface area (Å²) in [5.41, 5.74) is 6.41. The monoisotopic (exact) mass is 297 g/mol. The lowest BCUT2D eigenvalue weighted by molar-refractivity contribution is -0.122. The van der Waals surface area contributed by atoms with Crippen LogP contribution in [0.1, 0.15) is 65.7 Å². The molecule has 0 aromatic rings. The summed E-state index contributed by atoms with van der Waals surface area (Å²) in [4.78, 5) is 14.4. The Morgan fingerprint density at radius 1 is 1.24 bits per heavy atom. The topological polar surface area (TPSA) is 58.4 Å². The predicted molar refractivity (Wildman–Crippen MR) is 89.2 cm³/mol. The van der Waals surface area contributed by atoms with Gasteiger partial charge in [0.15, 0.2) is 0 Å². The zero-order chi connectivity index (χ0) is 16.1. The van der Waals surface area contributed by atoms with Crippen LogP contribution in [0.25, 0.3) is 0 Å². The van der Waals surface area contributed by atoms with Crippen LogP contribution in [0, 0.1) is 5.41 Å². The molecule has 1 saturated carbocycles. The summed E-state index contributed by atoms with van der Waals surface area (Å²) in [5, 5.41) is 3.13. The minimum absolute atomic E-state index is 0.0494. The van der Waals surface area contributed by atoms with Gasteiger partial charge in [-0.25, -0.2) is 0 Å². The molecule has 0 heterocycles. The molecule has 3 N–H and O–H groups in total. The van der Waals surface area contributed by atoms with E-state index in [0.29, 0.717) is 6.42 Å². The van der Waals surface area contributed by atoms with Crippen LogP contribution in [0.3, 0.4) is 0 Å². The number of hydrogen-bond acceptors (Lipinski definition) is 3. The molecule has 1 aliphatic carbocycles. The van der Waals surface area contributed by atoms with Gasteiger partial charge in [0, 0.05) is 24.5 Å². The van der Waals surface area contributed by atoms with E-state index in [-0.39, 0.29) is 22.9 Å². The largest absolute Gasteiger partial charge is 0.354 e.